The Morgan fingerprint density at radius 1 is 1.29 bits per heavy atom. The molecule has 1 atom stereocenters. The molecule has 0 saturated carbocycles. The van der Waals surface area contributed by atoms with E-state index >= 15 is 0 Å². The first-order valence-electron chi connectivity index (χ1n) is 6.37. The average molecular weight is 235 g/mol. The molecule has 1 unspecified atom stereocenters. The summed E-state index contributed by atoms with van der Waals surface area (Å²) in [7, 11) is 0. The van der Waals surface area contributed by atoms with Gasteiger partial charge < -0.3 is 15.2 Å². The third-order valence-electron chi connectivity index (χ3n) is 3.35. The molecule has 1 aliphatic heterocycles. The standard InChI is InChI=1S/C14H21NO2/c1-2-17-13-5-3-11(4-6-13)14(15)12-7-9-16-10-8-12/h3-6,12,14H,2,7-10,15H2,1H3. The fourth-order valence-electron chi connectivity index (χ4n) is 2.30. The zero-order valence-electron chi connectivity index (χ0n) is 10.4. The van der Waals surface area contributed by atoms with Crippen LogP contribution in [0, 0.1) is 5.92 Å². The molecule has 2 rings (SSSR count). The summed E-state index contributed by atoms with van der Waals surface area (Å²) in [4.78, 5) is 0. The molecule has 0 radical (unpaired) electrons. The molecule has 1 heterocycles. The van der Waals surface area contributed by atoms with Gasteiger partial charge in [0.15, 0.2) is 0 Å². The lowest BCUT2D eigenvalue weighted by Crippen LogP contribution is -2.27. The van der Waals surface area contributed by atoms with Crippen LogP contribution in [-0.2, 0) is 4.74 Å². The van der Waals surface area contributed by atoms with Crippen molar-refractivity contribution in [1.29, 1.82) is 0 Å². The Bertz CT molecular complexity index is 331. The maximum atomic E-state index is 6.30. The van der Waals surface area contributed by atoms with Crippen LogP contribution in [-0.4, -0.2) is 19.8 Å². The first-order chi connectivity index (χ1) is 8.31. The maximum absolute atomic E-state index is 6.30. The highest BCUT2D eigenvalue weighted by molar-refractivity contribution is 5.29. The van der Waals surface area contributed by atoms with Crippen molar-refractivity contribution in [2.75, 3.05) is 19.8 Å². The summed E-state index contributed by atoms with van der Waals surface area (Å²) < 4.78 is 10.8. The maximum Gasteiger partial charge on any atom is 0.119 e. The summed E-state index contributed by atoms with van der Waals surface area (Å²) >= 11 is 0. The number of hydrogen-bond donors (Lipinski definition) is 1. The normalized spacial score (nSPS) is 18.9. The second-order valence-electron chi connectivity index (χ2n) is 4.48. The van der Waals surface area contributed by atoms with Gasteiger partial charge in [-0.3, -0.25) is 0 Å². The van der Waals surface area contributed by atoms with E-state index < -0.39 is 0 Å². The van der Waals surface area contributed by atoms with Crippen LogP contribution >= 0.6 is 0 Å². The smallest absolute Gasteiger partial charge is 0.119 e. The lowest BCUT2D eigenvalue weighted by atomic mass is 9.88. The fraction of sp³-hybridized carbons (Fsp3) is 0.571. The minimum Gasteiger partial charge on any atom is -0.494 e. The molecule has 3 nitrogen and oxygen atoms in total. The van der Waals surface area contributed by atoms with E-state index in [0.717, 1.165) is 31.8 Å². The van der Waals surface area contributed by atoms with Gasteiger partial charge in [-0.1, -0.05) is 12.1 Å². The van der Waals surface area contributed by atoms with Crippen LogP contribution in [0.4, 0.5) is 0 Å². The highest BCUT2D eigenvalue weighted by Gasteiger charge is 2.22. The summed E-state index contributed by atoms with van der Waals surface area (Å²) in [5.74, 6) is 1.46. The van der Waals surface area contributed by atoms with E-state index in [1.165, 1.54) is 5.56 Å². The Labute approximate surface area is 103 Å². The minimum absolute atomic E-state index is 0.120. The molecule has 3 heteroatoms. The summed E-state index contributed by atoms with van der Waals surface area (Å²) in [5, 5.41) is 0. The van der Waals surface area contributed by atoms with Crippen molar-refractivity contribution in [3.63, 3.8) is 0 Å². The van der Waals surface area contributed by atoms with Crippen LogP contribution < -0.4 is 10.5 Å². The van der Waals surface area contributed by atoms with Crippen molar-refractivity contribution < 1.29 is 9.47 Å². The lowest BCUT2D eigenvalue weighted by molar-refractivity contribution is 0.0584. The van der Waals surface area contributed by atoms with E-state index in [1.54, 1.807) is 0 Å². The Hall–Kier alpha value is -1.06. The van der Waals surface area contributed by atoms with Gasteiger partial charge in [0, 0.05) is 19.3 Å². The van der Waals surface area contributed by atoms with E-state index in [0.29, 0.717) is 12.5 Å². The van der Waals surface area contributed by atoms with Crippen LogP contribution in [0.1, 0.15) is 31.4 Å². The molecule has 0 aliphatic carbocycles. The minimum atomic E-state index is 0.120. The predicted molar refractivity (Wildman–Crippen MR) is 68.1 cm³/mol. The Kier molecular flexibility index (Phi) is 4.40. The van der Waals surface area contributed by atoms with Gasteiger partial charge in [0.1, 0.15) is 5.75 Å². The number of rotatable bonds is 4. The highest BCUT2D eigenvalue weighted by Crippen LogP contribution is 2.28. The summed E-state index contributed by atoms with van der Waals surface area (Å²) in [5.41, 5.74) is 7.49. The van der Waals surface area contributed by atoms with Crippen LogP contribution in [0.15, 0.2) is 24.3 Å². The van der Waals surface area contributed by atoms with E-state index in [1.807, 2.05) is 19.1 Å². The second-order valence-corrected chi connectivity index (χ2v) is 4.48. The predicted octanol–water partition coefficient (Wildman–Crippen LogP) is 2.51. The highest BCUT2D eigenvalue weighted by atomic mass is 16.5. The first kappa shape index (κ1) is 12.4. The number of ether oxygens (including phenoxy) is 2. The van der Waals surface area contributed by atoms with Gasteiger partial charge in [0.25, 0.3) is 0 Å². The second kappa shape index (κ2) is 6.03. The molecule has 2 N–H and O–H groups in total. The first-order valence-corrected chi connectivity index (χ1v) is 6.37. The van der Waals surface area contributed by atoms with Gasteiger partial charge in [0.05, 0.1) is 6.61 Å². The van der Waals surface area contributed by atoms with Crippen LogP contribution in [0.25, 0.3) is 0 Å². The van der Waals surface area contributed by atoms with Crippen LogP contribution in [0.5, 0.6) is 5.75 Å². The molecule has 1 fully saturated rings. The van der Waals surface area contributed by atoms with Crippen LogP contribution in [0.2, 0.25) is 0 Å². The van der Waals surface area contributed by atoms with Crippen molar-refractivity contribution in [3.8, 4) is 5.75 Å². The zero-order valence-corrected chi connectivity index (χ0v) is 10.4. The van der Waals surface area contributed by atoms with Gasteiger partial charge in [-0.2, -0.15) is 0 Å². The van der Waals surface area contributed by atoms with Crippen molar-refractivity contribution in [2.24, 2.45) is 11.7 Å². The van der Waals surface area contributed by atoms with Crippen molar-refractivity contribution in [1.82, 2.24) is 0 Å². The van der Waals surface area contributed by atoms with Gasteiger partial charge in [-0.15, -0.1) is 0 Å². The molecule has 0 amide bonds. The average Bonchev–Trinajstić information content (AvgIpc) is 2.40. The SMILES string of the molecule is CCOc1ccc(C(N)C2CCOCC2)cc1. The largest absolute Gasteiger partial charge is 0.494 e. The summed E-state index contributed by atoms with van der Waals surface area (Å²) in [6, 6.07) is 8.27. The van der Waals surface area contributed by atoms with E-state index in [2.05, 4.69) is 12.1 Å². The zero-order chi connectivity index (χ0) is 12.1. The molecule has 1 aliphatic rings. The molecule has 0 spiro atoms. The number of nitrogens with two attached hydrogens (primary N) is 1. The summed E-state index contributed by atoms with van der Waals surface area (Å²) in [6.07, 6.45) is 2.13. The molecular weight excluding hydrogens is 214 g/mol. The quantitative estimate of drug-likeness (QED) is 0.872. The molecule has 17 heavy (non-hydrogen) atoms. The molecule has 0 aromatic heterocycles. The fourth-order valence-corrected chi connectivity index (χ4v) is 2.30. The Balaban J connectivity index is 2.00. The van der Waals surface area contributed by atoms with Gasteiger partial charge in [-0.25, -0.2) is 0 Å². The van der Waals surface area contributed by atoms with Gasteiger partial charge in [-0.05, 0) is 43.4 Å². The third kappa shape index (κ3) is 3.20. The third-order valence-corrected chi connectivity index (χ3v) is 3.35. The molecular formula is C14H21NO2. The van der Waals surface area contributed by atoms with Crippen molar-refractivity contribution in [3.05, 3.63) is 29.8 Å². The molecule has 1 saturated heterocycles. The van der Waals surface area contributed by atoms with E-state index in [9.17, 15) is 0 Å². The number of benzene rings is 1. The van der Waals surface area contributed by atoms with Crippen molar-refractivity contribution in [2.45, 2.75) is 25.8 Å². The molecule has 0 bridgehead atoms. The summed E-state index contributed by atoms with van der Waals surface area (Å²) in [6.45, 7) is 4.37. The van der Waals surface area contributed by atoms with Gasteiger partial charge >= 0.3 is 0 Å². The van der Waals surface area contributed by atoms with E-state index in [-0.39, 0.29) is 6.04 Å². The number of hydrogen-bond acceptors (Lipinski definition) is 3. The lowest BCUT2D eigenvalue weighted by Gasteiger charge is -2.27. The van der Waals surface area contributed by atoms with Crippen molar-refractivity contribution >= 4 is 0 Å². The van der Waals surface area contributed by atoms with Crippen LogP contribution in [0.3, 0.4) is 0 Å². The molecule has 94 valence electrons. The van der Waals surface area contributed by atoms with Gasteiger partial charge in [0.2, 0.25) is 0 Å². The Morgan fingerprint density at radius 2 is 1.94 bits per heavy atom. The monoisotopic (exact) mass is 235 g/mol. The van der Waals surface area contributed by atoms with E-state index in [4.69, 9.17) is 15.2 Å². The molecule has 1 aromatic carbocycles. The molecule has 1 aromatic rings. The Morgan fingerprint density at radius 3 is 2.53 bits per heavy atom. The topological polar surface area (TPSA) is 44.5 Å².